The first-order valence-corrected chi connectivity index (χ1v) is 8.94. The van der Waals surface area contributed by atoms with Crippen molar-refractivity contribution >= 4 is 34.0 Å². The Morgan fingerprint density at radius 2 is 2.00 bits per heavy atom. The second-order valence-corrected chi connectivity index (χ2v) is 6.84. The molecule has 124 valence electrons. The lowest BCUT2D eigenvalue weighted by atomic mass is 10.4. The molecule has 0 radical (unpaired) electrons. The van der Waals surface area contributed by atoms with E-state index in [-0.39, 0.29) is 17.9 Å². The van der Waals surface area contributed by atoms with Gasteiger partial charge in [-0.15, -0.1) is 11.3 Å². The highest BCUT2D eigenvalue weighted by molar-refractivity contribution is 7.99. The smallest absolute Gasteiger partial charge is 0.316 e. The van der Waals surface area contributed by atoms with E-state index in [1.165, 1.54) is 33.6 Å². The molecule has 7 nitrogen and oxygen atoms in total. The minimum atomic E-state index is -0.407. The van der Waals surface area contributed by atoms with E-state index < -0.39 is 5.97 Å². The van der Waals surface area contributed by atoms with Crippen molar-refractivity contribution in [2.45, 2.75) is 25.6 Å². The van der Waals surface area contributed by atoms with Gasteiger partial charge in [0, 0.05) is 29.0 Å². The van der Waals surface area contributed by atoms with E-state index in [0.717, 1.165) is 11.4 Å². The number of esters is 1. The van der Waals surface area contributed by atoms with Crippen molar-refractivity contribution in [2.24, 2.45) is 0 Å². The highest BCUT2D eigenvalue weighted by Crippen LogP contribution is 2.14. The number of rotatable bonds is 5. The Balaban J connectivity index is 1.57. The minimum Gasteiger partial charge on any atom is -0.459 e. The summed E-state index contributed by atoms with van der Waals surface area (Å²) in [6, 6.07) is 3.24. The molecule has 0 spiro atoms. The first-order valence-electron chi connectivity index (χ1n) is 7.08. The Bertz CT molecular complexity index is 931. The van der Waals surface area contributed by atoms with Crippen molar-refractivity contribution in [1.82, 2.24) is 19.4 Å². The summed E-state index contributed by atoms with van der Waals surface area (Å²) < 4.78 is 6.62. The number of thioether (sulfide) groups is 1. The van der Waals surface area contributed by atoms with Gasteiger partial charge in [-0.05, 0) is 19.9 Å². The SMILES string of the molecule is Cc1cc(C)nc(SCC(=O)OCc2cc(=O)n3ccsc3n2)n1. The quantitative estimate of drug-likeness (QED) is 0.390. The zero-order chi connectivity index (χ0) is 17.1. The summed E-state index contributed by atoms with van der Waals surface area (Å²) in [6.45, 7) is 3.72. The van der Waals surface area contributed by atoms with Gasteiger partial charge in [0.1, 0.15) is 6.61 Å². The van der Waals surface area contributed by atoms with E-state index in [9.17, 15) is 9.59 Å². The molecule has 0 N–H and O–H groups in total. The average molecular weight is 362 g/mol. The fourth-order valence-electron chi connectivity index (χ4n) is 2.04. The molecule has 24 heavy (non-hydrogen) atoms. The van der Waals surface area contributed by atoms with Crippen molar-refractivity contribution in [3.8, 4) is 0 Å². The van der Waals surface area contributed by atoms with Crippen LogP contribution in [0.25, 0.3) is 4.96 Å². The largest absolute Gasteiger partial charge is 0.459 e. The monoisotopic (exact) mass is 362 g/mol. The number of nitrogens with zero attached hydrogens (tertiary/aromatic N) is 4. The number of ether oxygens (including phenoxy) is 1. The summed E-state index contributed by atoms with van der Waals surface area (Å²) in [5, 5.41) is 2.32. The topological polar surface area (TPSA) is 86.5 Å². The molecule has 0 atom stereocenters. The predicted molar refractivity (Wildman–Crippen MR) is 91.4 cm³/mol. The van der Waals surface area contributed by atoms with Gasteiger partial charge in [0.05, 0.1) is 11.4 Å². The Labute approximate surface area is 145 Å². The predicted octanol–water partition coefficient (Wildman–Crippen LogP) is 2.00. The minimum absolute atomic E-state index is 0.0310. The summed E-state index contributed by atoms with van der Waals surface area (Å²) in [4.78, 5) is 37.1. The van der Waals surface area contributed by atoms with Crippen LogP contribution in [0.3, 0.4) is 0 Å². The molecule has 0 aliphatic carbocycles. The molecule has 0 saturated carbocycles. The maximum atomic E-state index is 11.9. The van der Waals surface area contributed by atoms with Crippen molar-refractivity contribution in [3.63, 3.8) is 0 Å². The fourth-order valence-corrected chi connectivity index (χ4v) is 3.53. The molecule has 3 rings (SSSR count). The van der Waals surface area contributed by atoms with E-state index in [0.29, 0.717) is 15.8 Å². The third-order valence-electron chi connectivity index (χ3n) is 3.02. The van der Waals surface area contributed by atoms with Gasteiger partial charge in [-0.2, -0.15) is 0 Å². The standard InChI is InChI=1S/C15H14N4O3S2/c1-9-5-10(2)17-14(16-9)24-8-13(21)22-7-11-6-12(20)19-3-4-23-15(19)18-11/h3-6H,7-8H2,1-2H3. The van der Waals surface area contributed by atoms with E-state index in [4.69, 9.17) is 4.74 Å². The fraction of sp³-hybridized carbons (Fsp3) is 0.267. The molecule has 0 aliphatic heterocycles. The third-order valence-corrected chi connectivity index (χ3v) is 4.60. The van der Waals surface area contributed by atoms with Crippen LogP contribution in [0.15, 0.2) is 33.7 Å². The Kier molecular flexibility index (Phi) is 4.91. The van der Waals surface area contributed by atoms with Crippen LogP contribution in [-0.4, -0.2) is 31.1 Å². The number of hydrogen-bond donors (Lipinski definition) is 0. The summed E-state index contributed by atoms with van der Waals surface area (Å²) in [7, 11) is 0. The van der Waals surface area contributed by atoms with Crippen LogP contribution in [0.4, 0.5) is 0 Å². The normalized spacial score (nSPS) is 10.9. The summed E-state index contributed by atoms with van der Waals surface area (Å²) in [6.07, 6.45) is 1.66. The lowest BCUT2D eigenvalue weighted by molar-refractivity contribution is -0.141. The lowest BCUT2D eigenvalue weighted by Crippen LogP contribution is -2.15. The van der Waals surface area contributed by atoms with E-state index in [1.807, 2.05) is 19.9 Å². The number of carbonyl (C=O) groups is 1. The van der Waals surface area contributed by atoms with Gasteiger partial charge in [-0.25, -0.2) is 15.0 Å². The number of thiazole rings is 1. The number of aryl methyl sites for hydroxylation is 2. The summed E-state index contributed by atoms with van der Waals surface area (Å²) >= 11 is 2.57. The van der Waals surface area contributed by atoms with Crippen molar-refractivity contribution in [1.29, 1.82) is 0 Å². The molecule has 0 aliphatic rings. The molecule has 0 amide bonds. The van der Waals surface area contributed by atoms with E-state index in [1.54, 1.807) is 11.6 Å². The van der Waals surface area contributed by atoms with Gasteiger partial charge in [0.25, 0.3) is 5.56 Å². The second-order valence-electron chi connectivity index (χ2n) is 5.02. The molecule has 0 fully saturated rings. The van der Waals surface area contributed by atoms with Crippen LogP contribution in [0.1, 0.15) is 17.1 Å². The van der Waals surface area contributed by atoms with Crippen molar-refractivity contribution in [2.75, 3.05) is 5.75 Å². The maximum absolute atomic E-state index is 11.9. The highest BCUT2D eigenvalue weighted by Gasteiger charge is 2.09. The summed E-state index contributed by atoms with van der Waals surface area (Å²) in [5.41, 5.74) is 1.95. The Morgan fingerprint density at radius 1 is 1.25 bits per heavy atom. The molecule has 0 bridgehead atoms. The second kappa shape index (κ2) is 7.10. The van der Waals surface area contributed by atoms with Gasteiger partial charge in [0.15, 0.2) is 10.1 Å². The van der Waals surface area contributed by atoms with Crippen molar-refractivity contribution in [3.05, 3.63) is 51.1 Å². The maximum Gasteiger partial charge on any atom is 0.316 e. The highest BCUT2D eigenvalue weighted by atomic mass is 32.2. The van der Waals surface area contributed by atoms with Gasteiger partial charge in [-0.1, -0.05) is 11.8 Å². The number of hydrogen-bond acceptors (Lipinski definition) is 8. The molecule has 9 heteroatoms. The molecular formula is C15H14N4O3S2. The van der Waals surface area contributed by atoms with Crippen molar-refractivity contribution < 1.29 is 9.53 Å². The number of aromatic nitrogens is 4. The molecule has 0 saturated heterocycles. The molecule has 3 aromatic rings. The molecular weight excluding hydrogens is 348 g/mol. The zero-order valence-electron chi connectivity index (χ0n) is 13.1. The molecule has 0 unspecified atom stereocenters. The van der Waals surface area contributed by atoms with E-state index in [2.05, 4.69) is 15.0 Å². The van der Waals surface area contributed by atoms with Crippen LogP contribution in [0.2, 0.25) is 0 Å². The number of fused-ring (bicyclic) bond motifs is 1. The van der Waals surface area contributed by atoms with Gasteiger partial charge in [-0.3, -0.25) is 14.0 Å². The van der Waals surface area contributed by atoms with Crippen LogP contribution < -0.4 is 5.56 Å². The van der Waals surface area contributed by atoms with Gasteiger partial charge < -0.3 is 4.74 Å². The van der Waals surface area contributed by atoms with E-state index >= 15 is 0 Å². The summed E-state index contributed by atoms with van der Waals surface area (Å²) in [5.74, 6) is -0.306. The van der Waals surface area contributed by atoms with Crippen LogP contribution in [-0.2, 0) is 16.1 Å². The molecule has 0 aromatic carbocycles. The number of carbonyl (C=O) groups excluding carboxylic acids is 1. The average Bonchev–Trinajstić information content (AvgIpc) is 2.99. The Hall–Kier alpha value is -2.26. The first kappa shape index (κ1) is 16.6. The lowest BCUT2D eigenvalue weighted by Gasteiger charge is -2.05. The first-order chi connectivity index (χ1) is 11.5. The van der Waals surface area contributed by atoms with Crippen LogP contribution in [0.5, 0.6) is 0 Å². The molecule has 3 heterocycles. The Morgan fingerprint density at radius 3 is 2.75 bits per heavy atom. The molecule has 3 aromatic heterocycles. The van der Waals surface area contributed by atoms with Gasteiger partial charge in [0.2, 0.25) is 0 Å². The van der Waals surface area contributed by atoms with Crippen LogP contribution >= 0.6 is 23.1 Å². The zero-order valence-corrected chi connectivity index (χ0v) is 14.7. The third kappa shape index (κ3) is 3.98. The van der Waals surface area contributed by atoms with Gasteiger partial charge >= 0.3 is 5.97 Å². The van der Waals surface area contributed by atoms with Crippen LogP contribution in [0, 0.1) is 13.8 Å².